The molecule has 46 heavy (non-hydrogen) atoms. The summed E-state index contributed by atoms with van der Waals surface area (Å²) in [4.78, 5) is 0. The Morgan fingerprint density at radius 3 is 0.609 bits per heavy atom. The smallest absolute Gasteiger partial charge is 0.0788 e. The van der Waals surface area contributed by atoms with E-state index in [2.05, 4.69) is 13.8 Å². The highest BCUT2D eigenvalue weighted by atomic mass is 15.4. The third-order valence-corrected chi connectivity index (χ3v) is 12.5. The van der Waals surface area contributed by atoms with Crippen molar-refractivity contribution in [3.8, 4) is 0 Å². The Morgan fingerprint density at radius 2 is 0.413 bits per heavy atom. The van der Waals surface area contributed by atoms with Crippen molar-refractivity contribution in [2.75, 3.05) is 52.4 Å². The lowest BCUT2D eigenvalue weighted by atomic mass is 10.0. The van der Waals surface area contributed by atoms with E-state index in [0.29, 0.717) is 0 Å². The maximum Gasteiger partial charge on any atom is 0.0788 e. The summed E-state index contributed by atoms with van der Waals surface area (Å²) in [6.45, 7) is 16.6. The van der Waals surface area contributed by atoms with Crippen LogP contribution in [0.5, 0.6) is 0 Å². The Kier molecular flexibility index (Phi) is 27.3. The van der Waals surface area contributed by atoms with Crippen LogP contribution in [0.25, 0.3) is 0 Å². The van der Waals surface area contributed by atoms with Crippen LogP contribution in [0.2, 0.25) is 0 Å². The van der Waals surface area contributed by atoms with Crippen molar-refractivity contribution in [2.45, 2.75) is 232 Å². The van der Waals surface area contributed by atoms with E-state index in [0.717, 1.165) is 0 Å². The molecule has 2 heterocycles. The van der Waals surface area contributed by atoms with Crippen LogP contribution < -0.4 is 0 Å². The van der Waals surface area contributed by atoms with Gasteiger partial charge in [0.1, 0.15) is 0 Å². The van der Waals surface area contributed by atoms with Crippen LogP contribution in [-0.2, 0) is 0 Å². The van der Waals surface area contributed by atoms with Crippen LogP contribution in [-0.4, -0.2) is 61.3 Å². The monoisotopic (exact) mass is 647 g/mol. The van der Waals surface area contributed by atoms with Gasteiger partial charge < -0.3 is 8.97 Å². The predicted molar refractivity (Wildman–Crippen MR) is 208 cm³/mol. The third kappa shape index (κ3) is 21.8. The number of nitrogens with zero attached hydrogens (tertiary/aromatic N) is 2. The summed E-state index contributed by atoms with van der Waals surface area (Å²) >= 11 is 0. The minimum absolute atomic E-state index is 1.37. The standard InChI is InChI=1S/C44H90N2/c1-3-5-7-9-11-13-17-21-25-29-37-45(41-33-34-42-45)39-31-27-23-19-15-16-20-24-28-32-40-46(43-35-36-44-46)38-30-26-22-18-14-12-10-8-6-4-2/h3-44H2,1-2H3/q+2. The van der Waals surface area contributed by atoms with E-state index >= 15 is 0 Å². The molecule has 0 aliphatic carbocycles. The molecule has 2 heteroatoms. The molecule has 2 saturated heterocycles. The number of quaternary nitrogens is 2. The van der Waals surface area contributed by atoms with Crippen LogP contribution >= 0.6 is 0 Å². The number of unbranched alkanes of at least 4 members (excludes halogenated alkanes) is 27. The van der Waals surface area contributed by atoms with Gasteiger partial charge in [-0.05, 0) is 51.4 Å². The summed E-state index contributed by atoms with van der Waals surface area (Å²) in [6, 6.07) is 0. The molecule has 0 radical (unpaired) electrons. The lowest BCUT2D eigenvalue weighted by Crippen LogP contribution is -2.46. The molecular formula is C44H90N2+2. The maximum absolute atomic E-state index is 2.32. The quantitative estimate of drug-likeness (QED) is 0.0475. The van der Waals surface area contributed by atoms with Crippen LogP contribution in [0.3, 0.4) is 0 Å². The zero-order valence-electron chi connectivity index (χ0n) is 32.6. The van der Waals surface area contributed by atoms with Gasteiger partial charge in [0.25, 0.3) is 0 Å². The van der Waals surface area contributed by atoms with Crippen LogP contribution in [0.1, 0.15) is 232 Å². The fourth-order valence-electron chi connectivity index (χ4n) is 9.31. The fraction of sp³-hybridized carbons (Fsp3) is 1.00. The Morgan fingerprint density at radius 1 is 0.239 bits per heavy atom. The second-order valence-electron chi connectivity index (χ2n) is 16.8. The lowest BCUT2D eigenvalue weighted by Gasteiger charge is -2.34. The van der Waals surface area contributed by atoms with Crippen molar-refractivity contribution in [1.29, 1.82) is 0 Å². The highest BCUT2D eigenvalue weighted by molar-refractivity contribution is 4.59. The van der Waals surface area contributed by atoms with Gasteiger partial charge in [0.15, 0.2) is 0 Å². The highest BCUT2D eigenvalue weighted by Gasteiger charge is 2.31. The minimum Gasteiger partial charge on any atom is -0.324 e. The molecule has 0 bridgehead atoms. The SMILES string of the molecule is CCCCCCCCCCCC[N+]1(CCCCCCCCCCCC[N+]2(CCCCCCCCCCCC)CCCC2)CCCC1. The second kappa shape index (κ2) is 29.8. The van der Waals surface area contributed by atoms with Crippen LogP contribution in [0.15, 0.2) is 0 Å². The number of hydrogen-bond donors (Lipinski definition) is 0. The summed E-state index contributed by atoms with van der Waals surface area (Å²) in [5.41, 5.74) is 0. The van der Waals surface area contributed by atoms with Crippen molar-refractivity contribution in [3.05, 3.63) is 0 Å². The van der Waals surface area contributed by atoms with Crippen molar-refractivity contribution in [2.24, 2.45) is 0 Å². The Labute approximate surface area is 292 Å². The first-order valence-corrected chi connectivity index (χ1v) is 22.4. The van der Waals surface area contributed by atoms with Crippen LogP contribution in [0.4, 0.5) is 0 Å². The molecule has 2 rings (SSSR count). The summed E-state index contributed by atoms with van der Waals surface area (Å²) in [5, 5.41) is 0. The van der Waals surface area contributed by atoms with Gasteiger partial charge in [-0.15, -0.1) is 0 Å². The molecule has 0 unspecified atom stereocenters. The van der Waals surface area contributed by atoms with Gasteiger partial charge in [-0.1, -0.05) is 155 Å². The first-order valence-electron chi connectivity index (χ1n) is 22.4. The molecule has 2 fully saturated rings. The normalized spacial score (nSPS) is 17.3. The number of hydrogen-bond acceptors (Lipinski definition) is 0. The van der Waals surface area contributed by atoms with Gasteiger partial charge >= 0.3 is 0 Å². The molecule has 0 amide bonds. The summed E-state index contributed by atoms with van der Waals surface area (Å²) < 4.78 is 2.99. The Bertz CT molecular complexity index is 563. The molecule has 0 spiro atoms. The summed E-state index contributed by atoms with van der Waals surface area (Å²) in [5.74, 6) is 0. The first-order chi connectivity index (χ1) is 22.7. The third-order valence-electron chi connectivity index (χ3n) is 12.5. The molecule has 0 N–H and O–H groups in total. The number of rotatable bonds is 35. The molecule has 2 aliphatic heterocycles. The largest absolute Gasteiger partial charge is 0.324 e. The molecular weight excluding hydrogens is 556 g/mol. The highest BCUT2D eigenvalue weighted by Crippen LogP contribution is 2.25. The molecule has 0 saturated carbocycles. The summed E-state index contributed by atoms with van der Waals surface area (Å²) in [7, 11) is 0. The van der Waals surface area contributed by atoms with Crippen molar-refractivity contribution < 1.29 is 8.97 Å². The summed E-state index contributed by atoms with van der Waals surface area (Å²) in [6.07, 6.45) is 50.4. The predicted octanol–water partition coefficient (Wildman–Crippen LogP) is 14.0. The second-order valence-corrected chi connectivity index (χ2v) is 16.8. The van der Waals surface area contributed by atoms with E-state index in [4.69, 9.17) is 0 Å². The van der Waals surface area contributed by atoms with E-state index in [-0.39, 0.29) is 0 Å². The number of likely N-dealkylation sites (tertiary alicyclic amines) is 2. The topological polar surface area (TPSA) is 0 Å². The molecule has 2 nitrogen and oxygen atoms in total. The Hall–Kier alpha value is -0.0800. The lowest BCUT2D eigenvalue weighted by molar-refractivity contribution is -0.917. The van der Waals surface area contributed by atoms with Gasteiger partial charge in [-0.25, -0.2) is 0 Å². The zero-order chi connectivity index (χ0) is 32.7. The van der Waals surface area contributed by atoms with Crippen molar-refractivity contribution in [3.63, 3.8) is 0 Å². The van der Waals surface area contributed by atoms with Gasteiger partial charge in [-0.2, -0.15) is 0 Å². The minimum atomic E-state index is 1.37. The van der Waals surface area contributed by atoms with E-state index in [1.807, 2.05) is 0 Å². The maximum atomic E-state index is 2.32. The zero-order valence-corrected chi connectivity index (χ0v) is 32.6. The van der Waals surface area contributed by atoms with Crippen LogP contribution in [0, 0.1) is 0 Å². The molecule has 0 aromatic rings. The van der Waals surface area contributed by atoms with Gasteiger partial charge in [0, 0.05) is 25.7 Å². The van der Waals surface area contributed by atoms with Gasteiger partial charge in [0.05, 0.1) is 52.4 Å². The van der Waals surface area contributed by atoms with Gasteiger partial charge in [0.2, 0.25) is 0 Å². The average Bonchev–Trinajstić information content (AvgIpc) is 3.74. The van der Waals surface area contributed by atoms with E-state index in [9.17, 15) is 0 Å². The molecule has 0 atom stereocenters. The van der Waals surface area contributed by atoms with Gasteiger partial charge in [-0.3, -0.25) is 0 Å². The molecule has 2 aliphatic rings. The van der Waals surface area contributed by atoms with E-state index in [1.54, 1.807) is 0 Å². The molecule has 0 aromatic heterocycles. The average molecular weight is 647 g/mol. The molecule has 0 aromatic carbocycles. The Balaban J connectivity index is 1.37. The first kappa shape index (κ1) is 42.1. The molecule has 274 valence electrons. The van der Waals surface area contributed by atoms with Crippen molar-refractivity contribution in [1.82, 2.24) is 0 Å². The van der Waals surface area contributed by atoms with E-state index in [1.165, 1.54) is 280 Å². The van der Waals surface area contributed by atoms with Crippen molar-refractivity contribution >= 4 is 0 Å². The van der Waals surface area contributed by atoms with E-state index < -0.39 is 0 Å². The fourth-order valence-corrected chi connectivity index (χ4v) is 9.31.